The van der Waals surface area contributed by atoms with Crippen LogP contribution in [0.4, 0.5) is 5.69 Å². The van der Waals surface area contributed by atoms with Gasteiger partial charge in [-0.25, -0.2) is 8.42 Å². The molecule has 2 N–H and O–H groups in total. The fourth-order valence-electron chi connectivity index (χ4n) is 2.64. The van der Waals surface area contributed by atoms with Crippen molar-refractivity contribution in [2.24, 2.45) is 0 Å². The van der Waals surface area contributed by atoms with Gasteiger partial charge in [0.2, 0.25) is 0 Å². The van der Waals surface area contributed by atoms with Gasteiger partial charge in [0.1, 0.15) is 0 Å². The molecule has 0 saturated carbocycles. The Morgan fingerprint density at radius 3 is 2.25 bits per heavy atom. The molecule has 1 aromatic heterocycles. The van der Waals surface area contributed by atoms with Crippen LogP contribution in [-0.2, 0) is 10.0 Å². The molecular weight excluding hydrogens is 324 g/mol. The molecule has 5 nitrogen and oxygen atoms in total. The number of aromatic nitrogens is 1. The number of nitrogens with two attached hydrogens (primary N) is 1. The van der Waals surface area contributed by atoms with Gasteiger partial charge in [-0.1, -0.05) is 12.1 Å². The molecular formula is C18H18N2O3S. The maximum Gasteiger partial charge on any atom is 0.271 e. The summed E-state index contributed by atoms with van der Waals surface area (Å²) in [6, 6.07) is 11.4. The van der Waals surface area contributed by atoms with Gasteiger partial charge >= 0.3 is 0 Å². The number of nitrogen functional groups attached to an aromatic ring is 1. The van der Waals surface area contributed by atoms with Crippen LogP contribution < -0.4 is 11.3 Å². The van der Waals surface area contributed by atoms with Crippen molar-refractivity contribution in [3.05, 3.63) is 69.5 Å². The Balaban J connectivity index is 2.43. The standard InChI is InChI=1S/C18H18N2O3S/c1-11-4-7-16(9-12(11)2)24(22,23)20-17-10-15(19)6-5-14(17)8-13(3)18(20)21/h4-10H,19H2,1-3H3. The van der Waals surface area contributed by atoms with E-state index in [0.717, 1.165) is 15.1 Å². The number of benzene rings is 2. The van der Waals surface area contributed by atoms with E-state index >= 15 is 0 Å². The van der Waals surface area contributed by atoms with Crippen LogP contribution in [0.1, 0.15) is 16.7 Å². The summed E-state index contributed by atoms with van der Waals surface area (Å²) >= 11 is 0. The zero-order valence-electron chi connectivity index (χ0n) is 13.7. The van der Waals surface area contributed by atoms with Crippen LogP contribution in [0.2, 0.25) is 0 Å². The third-order valence-electron chi connectivity index (χ3n) is 4.18. The number of aryl methyl sites for hydroxylation is 3. The van der Waals surface area contributed by atoms with E-state index < -0.39 is 15.6 Å². The average molecular weight is 342 g/mol. The first-order valence-electron chi connectivity index (χ1n) is 7.46. The van der Waals surface area contributed by atoms with Gasteiger partial charge in [0.25, 0.3) is 15.6 Å². The van der Waals surface area contributed by atoms with Gasteiger partial charge in [-0.05, 0) is 67.6 Å². The molecule has 6 heteroatoms. The van der Waals surface area contributed by atoms with Crippen molar-refractivity contribution in [3.8, 4) is 0 Å². The van der Waals surface area contributed by atoms with Crippen molar-refractivity contribution >= 4 is 26.6 Å². The van der Waals surface area contributed by atoms with Gasteiger partial charge in [-0.15, -0.1) is 0 Å². The smallest absolute Gasteiger partial charge is 0.271 e. The first-order valence-corrected chi connectivity index (χ1v) is 8.90. The number of pyridine rings is 1. The summed E-state index contributed by atoms with van der Waals surface area (Å²) in [5, 5.41) is 0.647. The lowest BCUT2D eigenvalue weighted by Gasteiger charge is -2.14. The molecule has 124 valence electrons. The second kappa shape index (κ2) is 5.49. The Labute approximate surface area is 140 Å². The highest BCUT2D eigenvalue weighted by atomic mass is 32.2. The van der Waals surface area contributed by atoms with E-state index in [4.69, 9.17) is 5.73 Å². The largest absolute Gasteiger partial charge is 0.399 e. The number of hydrogen-bond donors (Lipinski definition) is 1. The number of fused-ring (bicyclic) bond motifs is 1. The molecule has 24 heavy (non-hydrogen) atoms. The van der Waals surface area contributed by atoms with Crippen molar-refractivity contribution in [2.75, 3.05) is 5.73 Å². The number of rotatable bonds is 2. The van der Waals surface area contributed by atoms with E-state index in [9.17, 15) is 13.2 Å². The van der Waals surface area contributed by atoms with Gasteiger partial charge < -0.3 is 5.73 Å². The first-order chi connectivity index (χ1) is 11.2. The molecule has 0 spiro atoms. The minimum absolute atomic E-state index is 0.0852. The Morgan fingerprint density at radius 1 is 0.875 bits per heavy atom. The Morgan fingerprint density at radius 2 is 1.58 bits per heavy atom. The fourth-order valence-corrected chi connectivity index (χ4v) is 4.20. The summed E-state index contributed by atoms with van der Waals surface area (Å²) in [4.78, 5) is 12.7. The summed E-state index contributed by atoms with van der Waals surface area (Å²) in [6.07, 6.45) is 0. The summed E-state index contributed by atoms with van der Waals surface area (Å²) < 4.78 is 27.1. The van der Waals surface area contributed by atoms with E-state index in [-0.39, 0.29) is 10.4 Å². The molecule has 0 bridgehead atoms. The van der Waals surface area contributed by atoms with E-state index in [1.54, 1.807) is 37.3 Å². The third kappa shape index (κ3) is 2.49. The Kier molecular flexibility index (Phi) is 3.72. The van der Waals surface area contributed by atoms with Gasteiger partial charge in [0, 0.05) is 11.3 Å². The lowest BCUT2D eigenvalue weighted by molar-refractivity contribution is 0.587. The maximum atomic E-state index is 13.1. The summed E-state index contributed by atoms with van der Waals surface area (Å²) in [5.74, 6) is 0. The highest BCUT2D eigenvalue weighted by molar-refractivity contribution is 7.90. The molecule has 0 amide bonds. The predicted molar refractivity (Wildman–Crippen MR) is 95.9 cm³/mol. The van der Waals surface area contributed by atoms with Gasteiger partial charge in [-0.2, -0.15) is 3.97 Å². The van der Waals surface area contributed by atoms with Crippen molar-refractivity contribution in [3.63, 3.8) is 0 Å². The third-order valence-corrected chi connectivity index (χ3v) is 5.88. The predicted octanol–water partition coefficient (Wildman–Crippen LogP) is 2.75. The van der Waals surface area contributed by atoms with Gasteiger partial charge in [-0.3, -0.25) is 4.79 Å². The van der Waals surface area contributed by atoms with E-state index in [1.165, 1.54) is 12.1 Å². The second-order valence-corrected chi connectivity index (χ2v) is 7.75. The minimum Gasteiger partial charge on any atom is -0.399 e. The van der Waals surface area contributed by atoms with Crippen molar-refractivity contribution < 1.29 is 8.42 Å². The maximum absolute atomic E-state index is 13.1. The van der Waals surface area contributed by atoms with Crippen molar-refractivity contribution in [2.45, 2.75) is 25.7 Å². The topological polar surface area (TPSA) is 82.2 Å². The van der Waals surface area contributed by atoms with Crippen LogP contribution in [0, 0.1) is 20.8 Å². The summed E-state index contributed by atoms with van der Waals surface area (Å²) in [5.41, 5.74) is 8.11. The van der Waals surface area contributed by atoms with E-state index in [0.29, 0.717) is 16.6 Å². The summed E-state index contributed by atoms with van der Waals surface area (Å²) in [6.45, 7) is 5.34. The van der Waals surface area contributed by atoms with Crippen LogP contribution in [-0.4, -0.2) is 12.4 Å². The lowest BCUT2D eigenvalue weighted by atomic mass is 10.1. The monoisotopic (exact) mass is 342 g/mol. The molecule has 0 saturated heterocycles. The van der Waals surface area contributed by atoms with Crippen molar-refractivity contribution in [1.82, 2.24) is 3.97 Å². The molecule has 0 fully saturated rings. The van der Waals surface area contributed by atoms with Crippen LogP contribution in [0.3, 0.4) is 0 Å². The first kappa shape index (κ1) is 16.3. The second-order valence-electron chi connectivity index (χ2n) is 5.97. The van der Waals surface area contributed by atoms with Crippen LogP contribution in [0.25, 0.3) is 10.9 Å². The number of hydrogen-bond acceptors (Lipinski definition) is 4. The molecule has 0 radical (unpaired) electrons. The molecule has 1 heterocycles. The molecule has 3 aromatic rings. The highest BCUT2D eigenvalue weighted by Gasteiger charge is 2.22. The van der Waals surface area contributed by atoms with Crippen LogP contribution >= 0.6 is 0 Å². The molecule has 0 aliphatic rings. The molecule has 0 aliphatic heterocycles. The van der Waals surface area contributed by atoms with E-state index in [1.807, 2.05) is 13.8 Å². The molecule has 0 atom stereocenters. The molecule has 2 aromatic carbocycles. The Hall–Kier alpha value is -2.60. The van der Waals surface area contributed by atoms with Crippen molar-refractivity contribution in [1.29, 1.82) is 0 Å². The molecule has 3 rings (SSSR count). The van der Waals surface area contributed by atoms with E-state index in [2.05, 4.69) is 0 Å². The van der Waals surface area contributed by atoms with Crippen LogP contribution in [0.5, 0.6) is 0 Å². The zero-order valence-corrected chi connectivity index (χ0v) is 14.5. The minimum atomic E-state index is -4.03. The highest BCUT2D eigenvalue weighted by Crippen LogP contribution is 2.23. The van der Waals surface area contributed by atoms with Gasteiger partial charge in [0.05, 0.1) is 10.4 Å². The van der Waals surface area contributed by atoms with Gasteiger partial charge in [0.15, 0.2) is 0 Å². The molecule has 0 unspecified atom stereocenters. The zero-order chi connectivity index (χ0) is 17.6. The average Bonchev–Trinajstić information content (AvgIpc) is 2.51. The Bertz CT molecular complexity index is 1130. The normalized spacial score (nSPS) is 11.8. The summed E-state index contributed by atoms with van der Waals surface area (Å²) in [7, 11) is -4.03. The molecule has 0 aliphatic carbocycles. The fraction of sp³-hybridized carbons (Fsp3) is 0.167. The number of anilines is 1. The SMILES string of the molecule is Cc1ccc(S(=O)(=O)n2c(=O)c(C)cc3ccc(N)cc32)cc1C. The quantitative estimate of drug-likeness (QED) is 0.726. The number of nitrogens with zero attached hydrogens (tertiary/aromatic N) is 1. The van der Waals surface area contributed by atoms with Crippen LogP contribution in [0.15, 0.2) is 52.2 Å². The lowest BCUT2D eigenvalue weighted by Crippen LogP contribution is -2.29.